The van der Waals surface area contributed by atoms with E-state index < -0.39 is 53.3 Å². The lowest BCUT2D eigenvalue weighted by atomic mass is 9.89. The van der Waals surface area contributed by atoms with Gasteiger partial charge >= 0.3 is 18.1 Å². The molecule has 3 aromatic rings. The predicted octanol–water partition coefficient (Wildman–Crippen LogP) is 5.80. The van der Waals surface area contributed by atoms with Crippen molar-refractivity contribution >= 4 is 17.8 Å². The third-order valence-electron chi connectivity index (χ3n) is 5.67. The zero-order valence-electron chi connectivity index (χ0n) is 22.0. The van der Waals surface area contributed by atoms with Gasteiger partial charge in [-0.2, -0.15) is 13.2 Å². The van der Waals surface area contributed by atoms with Crippen LogP contribution in [0.5, 0.6) is 0 Å². The molecule has 0 saturated carbocycles. The second kappa shape index (κ2) is 11.7. The number of rotatable bonds is 8. The fourth-order valence-corrected chi connectivity index (χ4v) is 3.95. The molecule has 0 saturated heterocycles. The summed E-state index contributed by atoms with van der Waals surface area (Å²) in [6.07, 6.45) is -6.03. The lowest BCUT2D eigenvalue weighted by Crippen LogP contribution is -2.63. The first-order chi connectivity index (χ1) is 18.2. The van der Waals surface area contributed by atoms with Crippen LogP contribution in [0, 0.1) is 0 Å². The Morgan fingerprint density at radius 2 is 1.26 bits per heavy atom. The molecule has 1 N–H and O–H groups in total. The normalized spacial score (nSPS) is 13.3. The number of carbonyl (C=O) groups excluding carboxylic acids is 3. The zero-order valence-corrected chi connectivity index (χ0v) is 22.0. The average molecular weight is 542 g/mol. The van der Waals surface area contributed by atoms with Gasteiger partial charge in [0.25, 0.3) is 0 Å². The van der Waals surface area contributed by atoms with Gasteiger partial charge in [-0.15, -0.1) is 0 Å². The summed E-state index contributed by atoms with van der Waals surface area (Å²) in [6.45, 7) is 5.88. The van der Waals surface area contributed by atoms with E-state index in [4.69, 9.17) is 9.47 Å². The largest absolute Gasteiger partial charge is 0.458 e. The fraction of sp³-hybridized carbons (Fsp3) is 0.300. The van der Waals surface area contributed by atoms with Crippen LogP contribution < -0.4 is 5.32 Å². The second-order valence-electron chi connectivity index (χ2n) is 10.1. The molecule has 3 aromatic carbocycles. The molecule has 206 valence electrons. The van der Waals surface area contributed by atoms with Gasteiger partial charge in [0.05, 0.1) is 5.56 Å². The van der Waals surface area contributed by atoms with Gasteiger partial charge in [0.2, 0.25) is 11.4 Å². The fourth-order valence-electron chi connectivity index (χ4n) is 3.95. The molecule has 0 heterocycles. The topological polar surface area (TPSA) is 81.7 Å². The zero-order chi connectivity index (χ0) is 28.8. The van der Waals surface area contributed by atoms with Gasteiger partial charge in [-0.3, -0.25) is 4.79 Å². The number of hydrogen-bond donors (Lipinski definition) is 1. The van der Waals surface area contributed by atoms with Crippen molar-refractivity contribution < 1.29 is 37.0 Å². The Morgan fingerprint density at radius 3 is 1.67 bits per heavy atom. The molecule has 9 heteroatoms. The van der Waals surface area contributed by atoms with E-state index in [-0.39, 0.29) is 5.56 Å². The predicted molar refractivity (Wildman–Crippen MR) is 138 cm³/mol. The quantitative estimate of drug-likeness (QED) is 0.288. The molecule has 1 atom stereocenters. The van der Waals surface area contributed by atoms with Crippen LogP contribution in [0.25, 0.3) is 0 Å². The SMILES string of the molecule is CC(=O)NC(Cc1ccc(C(F)(F)F)cc1)(C(=O)OC(c1ccccc1)c1ccccc1)C(=O)OC(C)(C)C. The molecular formula is C30H30F3NO5. The highest BCUT2D eigenvalue weighted by Crippen LogP contribution is 2.32. The van der Waals surface area contributed by atoms with E-state index in [1.54, 1.807) is 81.4 Å². The molecule has 0 spiro atoms. The molecule has 6 nitrogen and oxygen atoms in total. The Labute approximate surface area is 225 Å². The highest BCUT2D eigenvalue weighted by Gasteiger charge is 2.52. The summed E-state index contributed by atoms with van der Waals surface area (Å²) in [4.78, 5) is 40.0. The standard InChI is InChI=1S/C30H30F3NO5/c1-20(35)34-29(27(37)39-28(2,3)4,19-21-15-17-24(18-16-21)30(31,32)33)26(36)38-25(22-11-7-5-8-12-22)23-13-9-6-10-14-23/h5-18,25H,19H2,1-4H3,(H,34,35). The van der Waals surface area contributed by atoms with Gasteiger partial charge < -0.3 is 14.8 Å². The Kier molecular flexibility index (Phi) is 8.84. The summed E-state index contributed by atoms with van der Waals surface area (Å²) in [5.74, 6) is -2.96. The van der Waals surface area contributed by atoms with Crippen LogP contribution in [0.15, 0.2) is 84.9 Å². The summed E-state index contributed by atoms with van der Waals surface area (Å²) in [5, 5.41) is 2.41. The van der Waals surface area contributed by atoms with Crippen LogP contribution in [0.4, 0.5) is 13.2 Å². The third-order valence-corrected chi connectivity index (χ3v) is 5.67. The van der Waals surface area contributed by atoms with Gasteiger partial charge in [-0.1, -0.05) is 72.8 Å². The van der Waals surface area contributed by atoms with E-state index >= 15 is 0 Å². The summed E-state index contributed by atoms with van der Waals surface area (Å²) in [7, 11) is 0. The molecule has 0 radical (unpaired) electrons. The van der Waals surface area contributed by atoms with Crippen molar-refractivity contribution in [3.8, 4) is 0 Å². The van der Waals surface area contributed by atoms with Crippen LogP contribution in [0.3, 0.4) is 0 Å². The number of halogens is 3. The monoisotopic (exact) mass is 541 g/mol. The number of carbonyl (C=O) groups is 3. The van der Waals surface area contributed by atoms with Gasteiger partial charge in [-0.25, -0.2) is 9.59 Å². The first kappa shape index (κ1) is 29.4. The second-order valence-corrected chi connectivity index (χ2v) is 10.1. The highest BCUT2D eigenvalue weighted by atomic mass is 19.4. The molecule has 0 fully saturated rings. The smallest absolute Gasteiger partial charge is 0.416 e. The number of benzene rings is 3. The van der Waals surface area contributed by atoms with Gasteiger partial charge in [0, 0.05) is 13.3 Å². The molecule has 0 bridgehead atoms. The summed E-state index contributed by atoms with van der Waals surface area (Å²) < 4.78 is 50.9. The van der Waals surface area contributed by atoms with Gasteiger partial charge in [0.15, 0.2) is 6.10 Å². The number of esters is 2. The molecule has 1 amide bonds. The molecule has 39 heavy (non-hydrogen) atoms. The van der Waals surface area contributed by atoms with Crippen LogP contribution in [0.2, 0.25) is 0 Å². The van der Waals surface area contributed by atoms with Crippen molar-refractivity contribution in [1.29, 1.82) is 0 Å². The van der Waals surface area contributed by atoms with Crippen LogP contribution in [-0.4, -0.2) is 29.0 Å². The number of hydrogen-bond acceptors (Lipinski definition) is 5. The number of amides is 1. The summed E-state index contributed by atoms with van der Waals surface area (Å²) >= 11 is 0. The molecule has 0 aliphatic carbocycles. The maximum Gasteiger partial charge on any atom is 0.416 e. The molecule has 0 aliphatic rings. The minimum absolute atomic E-state index is 0.176. The van der Waals surface area contributed by atoms with E-state index in [1.165, 1.54) is 0 Å². The maximum atomic E-state index is 14.0. The van der Waals surface area contributed by atoms with Crippen molar-refractivity contribution in [2.24, 2.45) is 0 Å². The first-order valence-corrected chi connectivity index (χ1v) is 12.2. The van der Waals surface area contributed by atoms with E-state index in [0.29, 0.717) is 11.1 Å². The van der Waals surface area contributed by atoms with Crippen LogP contribution in [-0.2, 0) is 36.5 Å². The minimum Gasteiger partial charge on any atom is -0.458 e. The molecule has 0 aliphatic heterocycles. The Balaban J connectivity index is 2.11. The maximum absolute atomic E-state index is 14.0. The van der Waals surface area contributed by atoms with E-state index in [9.17, 15) is 27.6 Å². The lowest BCUT2D eigenvalue weighted by Gasteiger charge is -2.34. The van der Waals surface area contributed by atoms with Crippen molar-refractivity contribution in [3.05, 3.63) is 107 Å². The number of nitrogens with one attached hydrogen (secondary N) is 1. The van der Waals surface area contributed by atoms with Crippen molar-refractivity contribution in [3.63, 3.8) is 0 Å². The number of ether oxygens (including phenoxy) is 2. The minimum atomic E-state index is -4.57. The molecule has 1 unspecified atom stereocenters. The Bertz CT molecular complexity index is 1250. The van der Waals surface area contributed by atoms with Crippen molar-refractivity contribution in [2.45, 2.75) is 57.5 Å². The Morgan fingerprint density at radius 1 is 0.769 bits per heavy atom. The Hall–Kier alpha value is -4.14. The first-order valence-electron chi connectivity index (χ1n) is 12.2. The van der Waals surface area contributed by atoms with Crippen molar-refractivity contribution in [1.82, 2.24) is 5.32 Å². The average Bonchev–Trinajstić information content (AvgIpc) is 2.86. The molecule has 0 aromatic heterocycles. The van der Waals surface area contributed by atoms with E-state index in [0.717, 1.165) is 31.2 Å². The van der Waals surface area contributed by atoms with Crippen LogP contribution >= 0.6 is 0 Å². The van der Waals surface area contributed by atoms with E-state index in [1.807, 2.05) is 0 Å². The highest BCUT2D eigenvalue weighted by molar-refractivity contribution is 6.08. The summed E-state index contributed by atoms with van der Waals surface area (Å²) in [6, 6.07) is 21.6. The van der Waals surface area contributed by atoms with Crippen molar-refractivity contribution in [2.75, 3.05) is 0 Å². The van der Waals surface area contributed by atoms with Gasteiger partial charge in [-0.05, 0) is 49.6 Å². The molecular weight excluding hydrogens is 511 g/mol. The lowest BCUT2D eigenvalue weighted by molar-refractivity contribution is -0.177. The van der Waals surface area contributed by atoms with Gasteiger partial charge in [0.1, 0.15) is 5.60 Å². The summed E-state index contributed by atoms with van der Waals surface area (Å²) in [5.41, 5.74) is -2.96. The van der Waals surface area contributed by atoms with Crippen LogP contribution in [0.1, 0.15) is 56.1 Å². The molecule has 3 rings (SSSR count). The van der Waals surface area contributed by atoms with E-state index in [2.05, 4.69) is 5.32 Å². The number of alkyl halides is 3. The third kappa shape index (κ3) is 7.69.